The predicted octanol–water partition coefficient (Wildman–Crippen LogP) is 1.60. The van der Waals surface area contributed by atoms with Crippen molar-refractivity contribution in [2.75, 3.05) is 25.0 Å². The van der Waals surface area contributed by atoms with Gasteiger partial charge in [-0.3, -0.25) is 9.59 Å². The SMILES string of the molecule is O=C1CCc2cc(OCCCC(=O)NC3CCNCC3)ccc2N1. The van der Waals surface area contributed by atoms with Crippen LogP contribution in [0.5, 0.6) is 5.75 Å². The van der Waals surface area contributed by atoms with Crippen LogP contribution in [0.2, 0.25) is 0 Å². The van der Waals surface area contributed by atoms with Crippen LogP contribution in [0.1, 0.15) is 37.7 Å². The molecule has 2 aliphatic rings. The number of ether oxygens (including phenoxy) is 1. The van der Waals surface area contributed by atoms with Gasteiger partial charge in [0.05, 0.1) is 6.61 Å². The summed E-state index contributed by atoms with van der Waals surface area (Å²) in [5, 5.41) is 9.23. The van der Waals surface area contributed by atoms with Crippen LogP contribution >= 0.6 is 0 Å². The van der Waals surface area contributed by atoms with E-state index in [9.17, 15) is 9.59 Å². The van der Waals surface area contributed by atoms with Crippen molar-refractivity contribution in [1.82, 2.24) is 10.6 Å². The third-order valence-corrected chi connectivity index (χ3v) is 4.49. The number of fused-ring (bicyclic) bond motifs is 1. The standard InChI is InChI=1S/C18H25N3O3/c22-17(20-14-7-9-19-10-8-14)2-1-11-24-15-4-5-16-13(12-15)3-6-18(23)21-16/h4-5,12,14,19H,1-3,6-11H2,(H,20,22)(H,21,23). The van der Waals surface area contributed by atoms with E-state index in [2.05, 4.69) is 16.0 Å². The van der Waals surface area contributed by atoms with E-state index in [0.717, 1.165) is 49.4 Å². The summed E-state index contributed by atoms with van der Waals surface area (Å²) >= 11 is 0. The lowest BCUT2D eigenvalue weighted by Crippen LogP contribution is -2.42. The second-order valence-corrected chi connectivity index (χ2v) is 6.41. The second kappa shape index (κ2) is 8.15. The fourth-order valence-corrected chi connectivity index (χ4v) is 3.14. The average Bonchev–Trinajstić information content (AvgIpc) is 2.59. The number of hydrogen-bond acceptors (Lipinski definition) is 4. The first-order valence-electron chi connectivity index (χ1n) is 8.76. The van der Waals surface area contributed by atoms with E-state index < -0.39 is 0 Å². The van der Waals surface area contributed by atoms with Gasteiger partial charge in [-0.05, 0) is 62.5 Å². The van der Waals surface area contributed by atoms with Crippen molar-refractivity contribution in [3.8, 4) is 5.75 Å². The second-order valence-electron chi connectivity index (χ2n) is 6.41. The van der Waals surface area contributed by atoms with Gasteiger partial charge in [0.2, 0.25) is 11.8 Å². The monoisotopic (exact) mass is 331 g/mol. The van der Waals surface area contributed by atoms with Crippen LogP contribution in [0.15, 0.2) is 18.2 Å². The molecule has 0 bridgehead atoms. The van der Waals surface area contributed by atoms with Gasteiger partial charge >= 0.3 is 0 Å². The van der Waals surface area contributed by atoms with Gasteiger partial charge in [-0.2, -0.15) is 0 Å². The molecule has 1 fully saturated rings. The Morgan fingerprint density at radius 1 is 1.25 bits per heavy atom. The molecule has 6 nitrogen and oxygen atoms in total. The molecule has 0 radical (unpaired) electrons. The zero-order valence-electron chi connectivity index (χ0n) is 13.9. The first-order chi connectivity index (χ1) is 11.7. The van der Waals surface area contributed by atoms with Crippen LogP contribution in [0.25, 0.3) is 0 Å². The highest BCUT2D eigenvalue weighted by atomic mass is 16.5. The maximum Gasteiger partial charge on any atom is 0.224 e. The Balaban J connectivity index is 1.37. The molecule has 2 amide bonds. The lowest BCUT2D eigenvalue weighted by molar-refractivity contribution is -0.122. The van der Waals surface area contributed by atoms with E-state index in [0.29, 0.717) is 31.9 Å². The van der Waals surface area contributed by atoms with Gasteiger partial charge in [-0.25, -0.2) is 0 Å². The molecule has 3 rings (SSSR count). The van der Waals surface area contributed by atoms with Gasteiger partial charge < -0.3 is 20.7 Å². The van der Waals surface area contributed by atoms with Gasteiger partial charge in [-0.15, -0.1) is 0 Å². The summed E-state index contributed by atoms with van der Waals surface area (Å²) in [5.74, 6) is 0.971. The number of rotatable bonds is 6. The topological polar surface area (TPSA) is 79.5 Å². The number of piperidine rings is 1. The molecule has 0 spiro atoms. The number of carbonyl (C=O) groups excluding carboxylic acids is 2. The van der Waals surface area contributed by atoms with Crippen LogP contribution in [0.3, 0.4) is 0 Å². The molecular weight excluding hydrogens is 306 g/mol. The summed E-state index contributed by atoms with van der Waals surface area (Å²) in [6.07, 6.45) is 4.47. The van der Waals surface area contributed by atoms with Crippen LogP contribution in [-0.2, 0) is 16.0 Å². The Morgan fingerprint density at radius 3 is 2.92 bits per heavy atom. The van der Waals surface area contributed by atoms with Crippen molar-refractivity contribution in [3.05, 3.63) is 23.8 Å². The molecule has 1 aromatic rings. The maximum absolute atomic E-state index is 11.9. The first kappa shape index (κ1) is 16.8. The molecule has 6 heteroatoms. The van der Waals surface area contributed by atoms with E-state index >= 15 is 0 Å². The molecular formula is C18H25N3O3. The highest BCUT2D eigenvalue weighted by Crippen LogP contribution is 2.26. The van der Waals surface area contributed by atoms with Crippen molar-refractivity contribution < 1.29 is 14.3 Å². The Labute approximate surface area is 142 Å². The molecule has 0 saturated carbocycles. The lowest BCUT2D eigenvalue weighted by Gasteiger charge is -2.23. The van der Waals surface area contributed by atoms with Crippen LogP contribution in [-0.4, -0.2) is 37.6 Å². The minimum atomic E-state index is 0.0657. The highest BCUT2D eigenvalue weighted by Gasteiger charge is 2.16. The van der Waals surface area contributed by atoms with E-state index in [1.54, 1.807) is 0 Å². The van der Waals surface area contributed by atoms with Gasteiger partial charge in [0.25, 0.3) is 0 Å². The summed E-state index contributed by atoms with van der Waals surface area (Å²) < 4.78 is 5.74. The van der Waals surface area contributed by atoms with Crippen molar-refractivity contribution in [3.63, 3.8) is 0 Å². The Bertz CT molecular complexity index is 597. The van der Waals surface area contributed by atoms with Gasteiger partial charge in [0.1, 0.15) is 5.75 Å². The van der Waals surface area contributed by atoms with Crippen molar-refractivity contribution in [2.24, 2.45) is 0 Å². The summed E-state index contributed by atoms with van der Waals surface area (Å²) in [4.78, 5) is 23.3. The van der Waals surface area contributed by atoms with Crippen LogP contribution in [0, 0.1) is 0 Å². The molecule has 3 N–H and O–H groups in total. The highest BCUT2D eigenvalue weighted by molar-refractivity contribution is 5.94. The number of benzene rings is 1. The van der Waals surface area contributed by atoms with E-state index in [1.165, 1.54) is 0 Å². The molecule has 130 valence electrons. The number of amides is 2. The zero-order chi connectivity index (χ0) is 16.8. The first-order valence-corrected chi connectivity index (χ1v) is 8.76. The molecule has 0 unspecified atom stereocenters. The van der Waals surface area contributed by atoms with Gasteiger partial charge in [-0.1, -0.05) is 0 Å². The minimum absolute atomic E-state index is 0.0657. The number of hydrogen-bond donors (Lipinski definition) is 3. The number of anilines is 1. The molecule has 0 aliphatic carbocycles. The van der Waals surface area contributed by atoms with E-state index in [1.807, 2.05) is 18.2 Å². The predicted molar refractivity (Wildman–Crippen MR) is 92.2 cm³/mol. The normalized spacial score (nSPS) is 17.8. The quantitative estimate of drug-likeness (QED) is 0.692. The maximum atomic E-state index is 11.9. The van der Waals surface area contributed by atoms with E-state index in [4.69, 9.17) is 4.74 Å². The number of aryl methyl sites for hydroxylation is 1. The smallest absolute Gasteiger partial charge is 0.224 e. The van der Waals surface area contributed by atoms with Crippen LogP contribution in [0.4, 0.5) is 5.69 Å². The lowest BCUT2D eigenvalue weighted by atomic mass is 10.0. The number of carbonyl (C=O) groups is 2. The molecule has 2 aliphatic heterocycles. The summed E-state index contributed by atoms with van der Waals surface area (Å²) in [5.41, 5.74) is 1.98. The van der Waals surface area contributed by atoms with E-state index in [-0.39, 0.29) is 11.8 Å². The molecule has 24 heavy (non-hydrogen) atoms. The van der Waals surface area contributed by atoms with Crippen LogP contribution < -0.4 is 20.7 Å². The van der Waals surface area contributed by atoms with Crippen molar-refractivity contribution in [2.45, 2.75) is 44.6 Å². The molecule has 2 heterocycles. The van der Waals surface area contributed by atoms with Gasteiger partial charge in [0.15, 0.2) is 0 Å². The fraction of sp³-hybridized carbons (Fsp3) is 0.556. The summed E-state index contributed by atoms with van der Waals surface area (Å²) in [7, 11) is 0. The Hall–Kier alpha value is -2.08. The van der Waals surface area contributed by atoms with Gasteiger partial charge in [0, 0.05) is 24.6 Å². The third kappa shape index (κ3) is 4.71. The van der Waals surface area contributed by atoms with Crippen molar-refractivity contribution in [1.29, 1.82) is 0 Å². The number of nitrogens with one attached hydrogen (secondary N) is 3. The minimum Gasteiger partial charge on any atom is -0.494 e. The average molecular weight is 331 g/mol. The summed E-state index contributed by atoms with van der Waals surface area (Å²) in [6, 6.07) is 6.03. The largest absolute Gasteiger partial charge is 0.494 e. The zero-order valence-corrected chi connectivity index (χ0v) is 13.9. The Kier molecular flexibility index (Phi) is 5.69. The molecule has 1 saturated heterocycles. The van der Waals surface area contributed by atoms with Crippen molar-refractivity contribution >= 4 is 17.5 Å². The molecule has 0 aromatic heterocycles. The summed E-state index contributed by atoms with van der Waals surface area (Å²) in [6.45, 7) is 2.48. The Morgan fingerprint density at radius 2 is 2.08 bits per heavy atom. The third-order valence-electron chi connectivity index (χ3n) is 4.49. The fourth-order valence-electron chi connectivity index (χ4n) is 3.14. The molecule has 0 atom stereocenters. The molecule has 1 aromatic carbocycles.